The van der Waals surface area contributed by atoms with Gasteiger partial charge in [-0.25, -0.2) is 4.79 Å². The maximum absolute atomic E-state index is 11.6. The van der Waals surface area contributed by atoms with Gasteiger partial charge in [0, 0.05) is 19.3 Å². The molecule has 0 unspecified atom stereocenters. The van der Waals surface area contributed by atoms with Crippen molar-refractivity contribution in [2.24, 2.45) is 0 Å². The van der Waals surface area contributed by atoms with Crippen LogP contribution in [-0.4, -0.2) is 28.6 Å². The molecule has 1 aliphatic heterocycles. The molecule has 0 atom stereocenters. The third-order valence-electron chi connectivity index (χ3n) is 3.74. The molecule has 0 aliphatic carbocycles. The number of hydroxylamine groups is 2. The van der Waals surface area contributed by atoms with E-state index < -0.39 is 17.8 Å². The SMILES string of the molecule is O=C(CCCCCCCCCCCS)ON1C(=O)CCC1=O. The van der Waals surface area contributed by atoms with Crippen LogP contribution in [0, 0.1) is 0 Å². The van der Waals surface area contributed by atoms with E-state index in [1.807, 2.05) is 0 Å². The second-order valence-corrected chi connectivity index (χ2v) is 6.15. The standard InChI is InChI=1S/C16H27NO4S/c18-14-11-12-15(19)17(14)21-16(20)10-8-6-4-2-1-3-5-7-9-13-22/h22H,1-13H2. The fourth-order valence-electron chi connectivity index (χ4n) is 2.42. The lowest BCUT2D eigenvalue weighted by Gasteiger charge is -2.12. The summed E-state index contributed by atoms with van der Waals surface area (Å²) in [6.07, 6.45) is 10.8. The van der Waals surface area contributed by atoms with Crippen LogP contribution in [0.25, 0.3) is 0 Å². The molecule has 0 radical (unpaired) electrons. The van der Waals surface area contributed by atoms with Crippen molar-refractivity contribution in [2.45, 2.75) is 77.0 Å². The maximum atomic E-state index is 11.6. The van der Waals surface area contributed by atoms with Gasteiger partial charge in [0.2, 0.25) is 0 Å². The molecule has 1 fully saturated rings. The van der Waals surface area contributed by atoms with E-state index in [2.05, 4.69) is 12.6 Å². The molecule has 5 nitrogen and oxygen atoms in total. The highest BCUT2D eigenvalue weighted by molar-refractivity contribution is 7.80. The number of thiol groups is 1. The van der Waals surface area contributed by atoms with Gasteiger partial charge in [0.05, 0.1) is 0 Å². The molecule has 1 rings (SSSR count). The van der Waals surface area contributed by atoms with Crippen molar-refractivity contribution >= 4 is 30.4 Å². The Labute approximate surface area is 138 Å². The quantitative estimate of drug-likeness (QED) is 0.338. The van der Waals surface area contributed by atoms with E-state index in [0.29, 0.717) is 5.06 Å². The van der Waals surface area contributed by atoms with Gasteiger partial charge < -0.3 is 4.84 Å². The zero-order valence-electron chi connectivity index (χ0n) is 13.2. The highest BCUT2D eigenvalue weighted by Gasteiger charge is 2.32. The van der Waals surface area contributed by atoms with Crippen LogP contribution in [0.4, 0.5) is 0 Å². The van der Waals surface area contributed by atoms with E-state index in [1.54, 1.807) is 0 Å². The molecule has 0 N–H and O–H groups in total. The van der Waals surface area contributed by atoms with Gasteiger partial charge in [-0.05, 0) is 18.6 Å². The van der Waals surface area contributed by atoms with E-state index in [0.717, 1.165) is 25.0 Å². The Balaban J connectivity index is 1.93. The smallest absolute Gasteiger partial charge is 0.330 e. The summed E-state index contributed by atoms with van der Waals surface area (Å²) >= 11 is 4.19. The van der Waals surface area contributed by atoms with Gasteiger partial charge in [-0.3, -0.25) is 9.59 Å². The summed E-state index contributed by atoms with van der Waals surface area (Å²) in [5.74, 6) is -0.354. The lowest BCUT2D eigenvalue weighted by molar-refractivity contribution is -0.197. The lowest BCUT2D eigenvalue weighted by Crippen LogP contribution is -2.31. The molecule has 0 aromatic carbocycles. The average molecular weight is 329 g/mol. The lowest BCUT2D eigenvalue weighted by atomic mass is 10.1. The van der Waals surface area contributed by atoms with Crippen LogP contribution in [0.2, 0.25) is 0 Å². The molecule has 0 aromatic heterocycles. The predicted molar refractivity (Wildman–Crippen MR) is 87.2 cm³/mol. The number of nitrogens with zero attached hydrogens (tertiary/aromatic N) is 1. The minimum Gasteiger partial charge on any atom is -0.330 e. The minimum absolute atomic E-state index is 0.139. The van der Waals surface area contributed by atoms with E-state index in [9.17, 15) is 14.4 Å². The average Bonchev–Trinajstić information content (AvgIpc) is 2.81. The Hall–Kier alpha value is -1.04. The first-order chi connectivity index (χ1) is 10.6. The van der Waals surface area contributed by atoms with Crippen molar-refractivity contribution in [3.63, 3.8) is 0 Å². The molecule has 1 heterocycles. The number of unbranched alkanes of at least 4 members (excludes halogenated alkanes) is 8. The van der Waals surface area contributed by atoms with E-state index in [4.69, 9.17) is 4.84 Å². The molecule has 22 heavy (non-hydrogen) atoms. The third kappa shape index (κ3) is 7.82. The molecule has 1 aliphatic rings. The van der Waals surface area contributed by atoms with Crippen LogP contribution in [0.3, 0.4) is 0 Å². The van der Waals surface area contributed by atoms with Crippen LogP contribution >= 0.6 is 12.6 Å². The molecule has 1 saturated heterocycles. The first-order valence-electron chi connectivity index (χ1n) is 8.32. The number of imide groups is 1. The largest absolute Gasteiger partial charge is 0.333 e. The topological polar surface area (TPSA) is 63.7 Å². The zero-order chi connectivity index (χ0) is 16.2. The van der Waals surface area contributed by atoms with Crippen molar-refractivity contribution in [3.05, 3.63) is 0 Å². The number of carbonyl (C=O) groups is 3. The molecular formula is C16H27NO4S. The van der Waals surface area contributed by atoms with E-state index >= 15 is 0 Å². The summed E-state index contributed by atoms with van der Waals surface area (Å²) in [6, 6.07) is 0. The van der Waals surface area contributed by atoms with Crippen molar-refractivity contribution in [3.8, 4) is 0 Å². The van der Waals surface area contributed by atoms with Crippen LogP contribution in [-0.2, 0) is 19.2 Å². The zero-order valence-corrected chi connectivity index (χ0v) is 14.1. The molecule has 0 bridgehead atoms. The van der Waals surface area contributed by atoms with Crippen molar-refractivity contribution < 1.29 is 19.2 Å². The highest BCUT2D eigenvalue weighted by Crippen LogP contribution is 2.14. The minimum atomic E-state index is -0.490. The van der Waals surface area contributed by atoms with Gasteiger partial charge in [0.15, 0.2) is 0 Å². The van der Waals surface area contributed by atoms with Crippen molar-refractivity contribution in [2.75, 3.05) is 5.75 Å². The maximum Gasteiger partial charge on any atom is 0.333 e. The molecule has 0 spiro atoms. The molecule has 0 saturated carbocycles. The van der Waals surface area contributed by atoms with E-state index in [1.165, 1.54) is 38.5 Å². The van der Waals surface area contributed by atoms with E-state index in [-0.39, 0.29) is 19.3 Å². The molecule has 126 valence electrons. The number of amides is 2. The summed E-state index contributed by atoms with van der Waals surface area (Å²) in [5.41, 5.74) is 0. The fraction of sp³-hybridized carbons (Fsp3) is 0.812. The van der Waals surface area contributed by atoms with Crippen LogP contribution < -0.4 is 0 Å². The summed E-state index contributed by atoms with van der Waals surface area (Å²) in [7, 11) is 0. The molecule has 6 heteroatoms. The van der Waals surface area contributed by atoms with Crippen molar-refractivity contribution in [1.29, 1.82) is 0 Å². The van der Waals surface area contributed by atoms with Gasteiger partial charge in [-0.1, -0.05) is 44.9 Å². The Morgan fingerprint density at radius 1 is 0.864 bits per heavy atom. The molecular weight excluding hydrogens is 302 g/mol. The summed E-state index contributed by atoms with van der Waals surface area (Å²) in [5, 5.41) is 0.618. The normalized spacial score (nSPS) is 14.7. The van der Waals surface area contributed by atoms with Gasteiger partial charge in [0.25, 0.3) is 11.8 Å². The first kappa shape index (κ1) is 19.0. The first-order valence-corrected chi connectivity index (χ1v) is 8.96. The van der Waals surface area contributed by atoms with Crippen molar-refractivity contribution in [1.82, 2.24) is 5.06 Å². The van der Waals surface area contributed by atoms with Gasteiger partial charge in [-0.15, -0.1) is 5.06 Å². The summed E-state index contributed by atoms with van der Waals surface area (Å²) in [6.45, 7) is 0. The number of hydrogen-bond acceptors (Lipinski definition) is 5. The van der Waals surface area contributed by atoms with Crippen LogP contribution in [0.1, 0.15) is 77.0 Å². The Morgan fingerprint density at radius 3 is 1.82 bits per heavy atom. The monoisotopic (exact) mass is 329 g/mol. The number of hydrogen-bond donors (Lipinski definition) is 1. The summed E-state index contributed by atoms with van der Waals surface area (Å²) < 4.78 is 0. The Morgan fingerprint density at radius 2 is 1.32 bits per heavy atom. The second kappa shape index (κ2) is 11.5. The Bertz CT molecular complexity index is 357. The van der Waals surface area contributed by atoms with Crippen LogP contribution in [0.15, 0.2) is 0 Å². The predicted octanol–water partition coefficient (Wildman–Crippen LogP) is 3.42. The van der Waals surface area contributed by atoms with Crippen LogP contribution in [0.5, 0.6) is 0 Å². The second-order valence-electron chi connectivity index (χ2n) is 5.70. The number of rotatable bonds is 12. The Kier molecular flexibility index (Phi) is 9.95. The van der Waals surface area contributed by atoms with Gasteiger partial charge in [-0.2, -0.15) is 12.6 Å². The van der Waals surface area contributed by atoms with Gasteiger partial charge >= 0.3 is 5.97 Å². The van der Waals surface area contributed by atoms with Gasteiger partial charge in [0.1, 0.15) is 0 Å². The fourth-order valence-corrected chi connectivity index (χ4v) is 2.65. The summed E-state index contributed by atoms with van der Waals surface area (Å²) in [4.78, 5) is 38.9. The third-order valence-corrected chi connectivity index (χ3v) is 4.05. The molecule has 2 amide bonds. The highest BCUT2D eigenvalue weighted by atomic mass is 32.1. The number of carbonyl (C=O) groups excluding carboxylic acids is 3. The molecule has 0 aromatic rings.